The van der Waals surface area contributed by atoms with Crippen molar-refractivity contribution in [2.75, 3.05) is 47.1 Å². The Morgan fingerprint density at radius 1 is 1.06 bits per heavy atom. The minimum absolute atomic E-state index is 0.0195. The molecule has 0 rings (SSSR count). The van der Waals surface area contributed by atoms with Crippen LogP contribution in [0.15, 0.2) is 0 Å². The van der Waals surface area contributed by atoms with Crippen molar-refractivity contribution in [2.45, 2.75) is 26.4 Å². The highest BCUT2D eigenvalue weighted by molar-refractivity contribution is 5.71. The molecule has 0 aliphatic carbocycles. The van der Waals surface area contributed by atoms with Gasteiger partial charge < -0.3 is 19.1 Å². The summed E-state index contributed by atoms with van der Waals surface area (Å²) < 4.78 is 15.5. The number of nitrogens with zero attached hydrogens (tertiary/aromatic N) is 1. The molecule has 0 spiro atoms. The molecule has 0 atom stereocenters. The minimum Gasteiger partial charge on any atom is -0.458 e. The van der Waals surface area contributed by atoms with Crippen LogP contribution < -0.4 is 0 Å². The standard InChI is InChI=1S/C12H25NO4/c1-12(2,3)17-11(14)10-16-9-8-15-7-6-13(4)5/h6-10H2,1-5H3. The first-order chi connectivity index (χ1) is 7.81. The van der Waals surface area contributed by atoms with Crippen molar-refractivity contribution >= 4 is 5.97 Å². The summed E-state index contributed by atoms with van der Waals surface area (Å²) in [6, 6.07) is 0. The second-order valence-corrected chi connectivity index (χ2v) is 5.05. The summed E-state index contributed by atoms with van der Waals surface area (Å²) >= 11 is 0. The zero-order valence-corrected chi connectivity index (χ0v) is 11.6. The van der Waals surface area contributed by atoms with Gasteiger partial charge in [0.05, 0.1) is 19.8 Å². The molecule has 0 amide bonds. The van der Waals surface area contributed by atoms with Crippen LogP contribution in [0, 0.1) is 0 Å². The van der Waals surface area contributed by atoms with Crippen molar-refractivity contribution < 1.29 is 19.0 Å². The second kappa shape index (κ2) is 8.44. The Hall–Kier alpha value is -0.650. The molecule has 0 N–H and O–H groups in total. The first-order valence-corrected chi connectivity index (χ1v) is 5.83. The Morgan fingerprint density at radius 3 is 2.18 bits per heavy atom. The smallest absolute Gasteiger partial charge is 0.332 e. The van der Waals surface area contributed by atoms with Crippen LogP contribution in [0.1, 0.15) is 20.8 Å². The number of carbonyl (C=O) groups is 1. The summed E-state index contributed by atoms with van der Waals surface area (Å²) in [4.78, 5) is 13.3. The lowest BCUT2D eigenvalue weighted by Crippen LogP contribution is -2.27. The van der Waals surface area contributed by atoms with Crippen LogP contribution in [0.4, 0.5) is 0 Å². The van der Waals surface area contributed by atoms with Gasteiger partial charge in [0.15, 0.2) is 0 Å². The van der Waals surface area contributed by atoms with Crippen LogP contribution in [0.3, 0.4) is 0 Å². The summed E-state index contributed by atoms with van der Waals surface area (Å²) in [5, 5.41) is 0. The van der Waals surface area contributed by atoms with Gasteiger partial charge in [-0.2, -0.15) is 0 Å². The van der Waals surface area contributed by atoms with Crippen molar-refractivity contribution in [3.8, 4) is 0 Å². The quantitative estimate of drug-likeness (QED) is 0.471. The van der Waals surface area contributed by atoms with Gasteiger partial charge in [-0.15, -0.1) is 0 Å². The minimum atomic E-state index is -0.456. The molecule has 0 unspecified atom stereocenters. The van der Waals surface area contributed by atoms with Crippen LogP contribution in [0.2, 0.25) is 0 Å². The number of hydrogen-bond acceptors (Lipinski definition) is 5. The molecule has 0 bridgehead atoms. The molecule has 0 aliphatic rings. The van der Waals surface area contributed by atoms with E-state index in [1.807, 2.05) is 39.8 Å². The third kappa shape index (κ3) is 13.3. The highest BCUT2D eigenvalue weighted by atomic mass is 16.6. The van der Waals surface area contributed by atoms with Gasteiger partial charge in [-0.05, 0) is 34.9 Å². The molecule has 0 saturated heterocycles. The average molecular weight is 247 g/mol. The van der Waals surface area contributed by atoms with E-state index in [9.17, 15) is 4.79 Å². The molecule has 5 nitrogen and oxygen atoms in total. The van der Waals surface area contributed by atoms with Gasteiger partial charge in [-0.1, -0.05) is 0 Å². The normalized spacial score (nSPS) is 11.9. The topological polar surface area (TPSA) is 48.0 Å². The Kier molecular flexibility index (Phi) is 8.12. The molecule has 0 aliphatic heterocycles. The molecule has 102 valence electrons. The number of carbonyl (C=O) groups excluding carboxylic acids is 1. The fraction of sp³-hybridized carbons (Fsp3) is 0.917. The maximum absolute atomic E-state index is 11.2. The summed E-state index contributed by atoms with van der Waals surface area (Å²) in [5.41, 5.74) is -0.456. The van der Waals surface area contributed by atoms with Gasteiger partial charge in [0, 0.05) is 6.54 Å². The largest absolute Gasteiger partial charge is 0.458 e. The number of likely N-dealkylation sites (N-methyl/N-ethyl adjacent to an activating group) is 1. The van der Waals surface area contributed by atoms with Gasteiger partial charge in [-0.3, -0.25) is 0 Å². The fourth-order valence-corrected chi connectivity index (χ4v) is 0.994. The van der Waals surface area contributed by atoms with E-state index >= 15 is 0 Å². The molecular formula is C12H25NO4. The van der Waals surface area contributed by atoms with Gasteiger partial charge in [0.1, 0.15) is 12.2 Å². The zero-order chi connectivity index (χ0) is 13.3. The monoisotopic (exact) mass is 247 g/mol. The number of hydrogen-bond donors (Lipinski definition) is 0. The molecule has 0 saturated carbocycles. The molecule has 0 heterocycles. The third-order valence-corrected chi connectivity index (χ3v) is 1.69. The lowest BCUT2D eigenvalue weighted by molar-refractivity contribution is -0.160. The van der Waals surface area contributed by atoms with Crippen molar-refractivity contribution in [3.63, 3.8) is 0 Å². The van der Waals surface area contributed by atoms with Crippen LogP contribution in [-0.4, -0.2) is 63.5 Å². The molecule has 0 aromatic rings. The van der Waals surface area contributed by atoms with E-state index in [0.29, 0.717) is 19.8 Å². The molecule has 0 aromatic heterocycles. The Labute approximate surface area is 104 Å². The average Bonchev–Trinajstić information content (AvgIpc) is 2.12. The maximum Gasteiger partial charge on any atom is 0.332 e. The van der Waals surface area contributed by atoms with E-state index in [2.05, 4.69) is 0 Å². The van der Waals surface area contributed by atoms with Gasteiger partial charge in [0.25, 0.3) is 0 Å². The molecule has 0 fully saturated rings. The lowest BCUT2D eigenvalue weighted by atomic mass is 10.2. The highest BCUT2D eigenvalue weighted by Gasteiger charge is 2.15. The van der Waals surface area contributed by atoms with E-state index < -0.39 is 5.60 Å². The first-order valence-electron chi connectivity index (χ1n) is 5.83. The zero-order valence-electron chi connectivity index (χ0n) is 11.6. The molecule has 0 radical (unpaired) electrons. The number of esters is 1. The van der Waals surface area contributed by atoms with Gasteiger partial charge in [0.2, 0.25) is 0 Å². The van der Waals surface area contributed by atoms with Gasteiger partial charge in [-0.25, -0.2) is 4.79 Å². The summed E-state index contributed by atoms with van der Waals surface area (Å²) in [6.07, 6.45) is 0. The van der Waals surface area contributed by atoms with Crippen molar-refractivity contribution in [2.24, 2.45) is 0 Å². The molecule has 0 aromatic carbocycles. The summed E-state index contributed by atoms with van der Waals surface area (Å²) in [5.74, 6) is -0.342. The molecule has 17 heavy (non-hydrogen) atoms. The summed E-state index contributed by atoms with van der Waals surface area (Å²) in [7, 11) is 3.98. The van der Waals surface area contributed by atoms with Crippen LogP contribution in [0.5, 0.6) is 0 Å². The Balaban J connectivity index is 3.31. The fourth-order valence-electron chi connectivity index (χ4n) is 0.994. The van der Waals surface area contributed by atoms with E-state index in [0.717, 1.165) is 6.54 Å². The Morgan fingerprint density at radius 2 is 1.65 bits per heavy atom. The van der Waals surface area contributed by atoms with Crippen molar-refractivity contribution in [3.05, 3.63) is 0 Å². The highest BCUT2D eigenvalue weighted by Crippen LogP contribution is 2.06. The summed E-state index contributed by atoms with van der Waals surface area (Å²) in [6.45, 7) is 7.92. The van der Waals surface area contributed by atoms with E-state index in [1.54, 1.807) is 0 Å². The predicted octanol–water partition coefficient (Wildman–Crippen LogP) is 0.923. The Bertz CT molecular complexity index is 211. The third-order valence-electron chi connectivity index (χ3n) is 1.69. The maximum atomic E-state index is 11.2. The van der Waals surface area contributed by atoms with Crippen LogP contribution in [-0.2, 0) is 19.0 Å². The van der Waals surface area contributed by atoms with E-state index in [-0.39, 0.29) is 12.6 Å². The molecular weight excluding hydrogens is 222 g/mol. The number of ether oxygens (including phenoxy) is 3. The van der Waals surface area contributed by atoms with E-state index in [1.165, 1.54) is 0 Å². The van der Waals surface area contributed by atoms with Crippen molar-refractivity contribution in [1.29, 1.82) is 0 Å². The first kappa shape index (κ1) is 16.4. The van der Waals surface area contributed by atoms with Crippen molar-refractivity contribution in [1.82, 2.24) is 4.90 Å². The van der Waals surface area contributed by atoms with E-state index in [4.69, 9.17) is 14.2 Å². The number of rotatable bonds is 8. The van der Waals surface area contributed by atoms with Crippen LogP contribution >= 0.6 is 0 Å². The second-order valence-electron chi connectivity index (χ2n) is 5.05. The predicted molar refractivity (Wildman–Crippen MR) is 66.0 cm³/mol. The van der Waals surface area contributed by atoms with Gasteiger partial charge >= 0.3 is 5.97 Å². The SMILES string of the molecule is CN(C)CCOCCOCC(=O)OC(C)(C)C. The lowest BCUT2D eigenvalue weighted by Gasteiger charge is -2.19. The molecule has 5 heteroatoms. The van der Waals surface area contributed by atoms with Crippen LogP contribution in [0.25, 0.3) is 0 Å².